The molecule has 0 aromatic carbocycles. The van der Waals surface area contributed by atoms with Gasteiger partial charge in [-0.25, -0.2) is 0 Å². The summed E-state index contributed by atoms with van der Waals surface area (Å²) in [4.78, 5) is 3.93. The van der Waals surface area contributed by atoms with Crippen LogP contribution in [-0.4, -0.2) is 16.4 Å². The molecule has 0 spiro atoms. The third kappa shape index (κ3) is 2.96. The summed E-state index contributed by atoms with van der Waals surface area (Å²) in [6.45, 7) is 0. The van der Waals surface area contributed by atoms with Crippen molar-refractivity contribution in [3.8, 4) is 0 Å². The van der Waals surface area contributed by atoms with Crippen LogP contribution in [0.2, 0.25) is 0 Å². The van der Waals surface area contributed by atoms with Crippen LogP contribution in [0.3, 0.4) is 0 Å². The quantitative estimate of drug-likeness (QED) is 0.476. The van der Waals surface area contributed by atoms with Crippen molar-refractivity contribution >= 4 is 49.0 Å². The van der Waals surface area contributed by atoms with Gasteiger partial charge in [-0.15, -0.1) is 0 Å². The second kappa shape index (κ2) is 5.48. The maximum Gasteiger partial charge on any atom is 0.159 e. The molecule has 2 rings (SSSR count). The zero-order valence-corrected chi connectivity index (χ0v) is 11.9. The molecule has 3 N–H and O–H groups in total. The molecule has 86 valence electrons. The number of nitrogens with two attached hydrogens (primary N) is 1. The second-order valence-electron chi connectivity index (χ2n) is 3.29. The lowest BCUT2D eigenvalue weighted by Gasteiger charge is -2.08. The van der Waals surface area contributed by atoms with E-state index in [1.807, 2.05) is 24.3 Å². The molecular weight excluding hydrogens is 348 g/mol. The van der Waals surface area contributed by atoms with Gasteiger partial charge in [0.15, 0.2) is 11.4 Å². The van der Waals surface area contributed by atoms with E-state index >= 15 is 0 Å². The first kappa shape index (κ1) is 12.3. The lowest BCUT2D eigenvalue weighted by molar-refractivity contribution is -0.577. The van der Waals surface area contributed by atoms with E-state index in [0.29, 0.717) is 11.4 Å². The van der Waals surface area contributed by atoms with Gasteiger partial charge >= 0.3 is 0 Å². The van der Waals surface area contributed by atoms with E-state index in [-0.39, 0.29) is 0 Å². The third-order valence-electron chi connectivity index (χ3n) is 2.13. The SMILES string of the molecule is N=C1C(Br)=CC=C(Br)C1=N[NH2+]c1ccncc1. The van der Waals surface area contributed by atoms with E-state index in [1.54, 1.807) is 17.8 Å². The van der Waals surface area contributed by atoms with Gasteiger partial charge in [0.25, 0.3) is 0 Å². The fourth-order valence-electron chi connectivity index (χ4n) is 1.26. The highest BCUT2D eigenvalue weighted by Gasteiger charge is 2.18. The molecule has 1 aliphatic rings. The summed E-state index contributed by atoms with van der Waals surface area (Å²) in [6, 6.07) is 3.72. The summed E-state index contributed by atoms with van der Waals surface area (Å²) in [6.07, 6.45) is 7.09. The second-order valence-corrected chi connectivity index (χ2v) is 5.00. The van der Waals surface area contributed by atoms with Crippen molar-refractivity contribution in [2.75, 3.05) is 0 Å². The van der Waals surface area contributed by atoms with Crippen LogP contribution in [-0.2, 0) is 0 Å². The Morgan fingerprint density at radius 2 is 1.76 bits per heavy atom. The molecule has 4 nitrogen and oxygen atoms in total. The van der Waals surface area contributed by atoms with Gasteiger partial charge in [-0.05, 0) is 44.0 Å². The highest BCUT2D eigenvalue weighted by molar-refractivity contribution is 9.12. The molecular formula is C11H9Br2N4+. The van der Waals surface area contributed by atoms with Crippen LogP contribution >= 0.6 is 31.9 Å². The Morgan fingerprint density at radius 1 is 1.12 bits per heavy atom. The predicted molar refractivity (Wildman–Crippen MR) is 75.0 cm³/mol. The lowest BCUT2D eigenvalue weighted by Crippen LogP contribution is -2.72. The van der Waals surface area contributed by atoms with E-state index in [0.717, 1.165) is 14.7 Å². The Bertz CT molecular complexity index is 528. The van der Waals surface area contributed by atoms with Crippen LogP contribution < -0.4 is 5.43 Å². The monoisotopic (exact) mass is 355 g/mol. The van der Waals surface area contributed by atoms with Gasteiger partial charge in [-0.1, -0.05) is 5.10 Å². The number of allylic oxidation sites excluding steroid dienone is 4. The fraction of sp³-hybridized carbons (Fsp3) is 0. The highest BCUT2D eigenvalue weighted by atomic mass is 79.9. The Hall–Kier alpha value is -1.11. The van der Waals surface area contributed by atoms with Crippen molar-refractivity contribution in [1.82, 2.24) is 4.98 Å². The number of hydrogen-bond acceptors (Lipinski definition) is 3. The first-order valence-electron chi connectivity index (χ1n) is 4.82. The Morgan fingerprint density at radius 3 is 2.47 bits per heavy atom. The van der Waals surface area contributed by atoms with Crippen molar-refractivity contribution in [3.05, 3.63) is 45.6 Å². The molecule has 0 saturated heterocycles. The average molecular weight is 357 g/mol. The van der Waals surface area contributed by atoms with Crippen LogP contribution in [0.1, 0.15) is 0 Å². The number of quaternary nitrogens is 1. The smallest absolute Gasteiger partial charge is 0.159 e. The topological polar surface area (TPSA) is 65.7 Å². The molecule has 1 heterocycles. The van der Waals surface area contributed by atoms with Gasteiger partial charge < -0.3 is 0 Å². The zero-order valence-electron chi connectivity index (χ0n) is 8.69. The van der Waals surface area contributed by atoms with E-state index in [2.05, 4.69) is 41.9 Å². The first-order chi connectivity index (χ1) is 8.18. The molecule has 1 aromatic heterocycles. The Kier molecular flexibility index (Phi) is 3.98. The minimum absolute atomic E-state index is 0.365. The minimum atomic E-state index is 0.365. The van der Waals surface area contributed by atoms with Crippen molar-refractivity contribution in [2.24, 2.45) is 5.10 Å². The summed E-state index contributed by atoms with van der Waals surface area (Å²) in [7, 11) is 0. The largest absolute Gasteiger partial charge is 0.297 e. The molecule has 0 saturated carbocycles. The van der Waals surface area contributed by atoms with Crippen LogP contribution in [0.5, 0.6) is 0 Å². The number of pyridine rings is 1. The predicted octanol–water partition coefficient (Wildman–Crippen LogP) is 2.22. The standard InChI is InChI=1S/C11H8Br2N4/c12-8-1-2-9(13)11(10(8)14)17-16-7-3-5-15-6-4-7/h1-6,14H,(H,15,16)/p+1. The first-order valence-corrected chi connectivity index (χ1v) is 6.41. The zero-order chi connectivity index (χ0) is 12.3. The van der Waals surface area contributed by atoms with E-state index in [1.165, 1.54) is 0 Å². The molecule has 0 atom stereocenters. The summed E-state index contributed by atoms with van der Waals surface area (Å²) in [5.41, 5.74) is 3.64. The van der Waals surface area contributed by atoms with Crippen molar-refractivity contribution < 1.29 is 5.43 Å². The molecule has 17 heavy (non-hydrogen) atoms. The highest BCUT2D eigenvalue weighted by Crippen LogP contribution is 2.21. The molecule has 0 amide bonds. The van der Waals surface area contributed by atoms with Crippen molar-refractivity contribution in [1.29, 1.82) is 5.41 Å². The summed E-state index contributed by atoms with van der Waals surface area (Å²) in [5, 5.41) is 12.2. The van der Waals surface area contributed by atoms with Crippen LogP contribution in [0.4, 0.5) is 5.69 Å². The maximum atomic E-state index is 7.90. The average Bonchev–Trinajstić information content (AvgIpc) is 2.35. The van der Waals surface area contributed by atoms with Crippen LogP contribution in [0, 0.1) is 5.41 Å². The van der Waals surface area contributed by atoms with Gasteiger partial charge in [-0.3, -0.25) is 10.4 Å². The Labute approximate surface area is 115 Å². The number of halogens is 2. The van der Waals surface area contributed by atoms with Gasteiger partial charge in [-0.2, -0.15) is 5.43 Å². The molecule has 0 radical (unpaired) electrons. The van der Waals surface area contributed by atoms with Gasteiger partial charge in [0.05, 0.1) is 4.48 Å². The third-order valence-corrected chi connectivity index (χ3v) is 3.43. The Balaban J connectivity index is 2.21. The number of hydrogen-bond donors (Lipinski definition) is 2. The summed E-state index contributed by atoms with van der Waals surface area (Å²) < 4.78 is 1.53. The van der Waals surface area contributed by atoms with Gasteiger partial charge in [0.2, 0.25) is 0 Å². The lowest BCUT2D eigenvalue weighted by atomic mass is 10.1. The van der Waals surface area contributed by atoms with Crippen molar-refractivity contribution in [3.63, 3.8) is 0 Å². The summed E-state index contributed by atoms with van der Waals surface area (Å²) >= 11 is 6.70. The van der Waals surface area contributed by atoms with E-state index in [4.69, 9.17) is 5.41 Å². The maximum absolute atomic E-state index is 7.90. The number of nitrogens with zero attached hydrogens (tertiary/aromatic N) is 2. The molecule has 1 aliphatic carbocycles. The van der Waals surface area contributed by atoms with Gasteiger partial charge in [0, 0.05) is 29.0 Å². The molecule has 0 bridgehead atoms. The van der Waals surface area contributed by atoms with E-state index in [9.17, 15) is 0 Å². The minimum Gasteiger partial charge on any atom is -0.297 e. The van der Waals surface area contributed by atoms with E-state index < -0.39 is 0 Å². The van der Waals surface area contributed by atoms with Crippen LogP contribution in [0.25, 0.3) is 0 Å². The molecule has 6 heteroatoms. The number of nitrogens with one attached hydrogen (secondary N) is 1. The normalized spacial score (nSPS) is 18.0. The molecule has 0 unspecified atom stereocenters. The summed E-state index contributed by atoms with van der Waals surface area (Å²) in [5.74, 6) is 0. The number of rotatable bonds is 2. The van der Waals surface area contributed by atoms with Crippen LogP contribution in [0.15, 0.2) is 50.7 Å². The molecule has 0 aliphatic heterocycles. The van der Waals surface area contributed by atoms with Crippen molar-refractivity contribution in [2.45, 2.75) is 0 Å². The fourth-order valence-corrected chi connectivity index (χ4v) is 2.01. The van der Waals surface area contributed by atoms with Gasteiger partial charge in [0.1, 0.15) is 5.71 Å². The molecule has 0 fully saturated rings. The number of aromatic nitrogens is 1. The molecule has 1 aromatic rings.